The Kier molecular flexibility index (Phi) is 4.76. The molecule has 1 aliphatic rings. The topological polar surface area (TPSA) is 34.9 Å². The number of benzene rings is 1. The van der Waals surface area contributed by atoms with Gasteiger partial charge in [0, 0.05) is 22.4 Å². The number of aromatic nitrogens is 2. The summed E-state index contributed by atoms with van der Waals surface area (Å²) in [7, 11) is 0. The van der Waals surface area contributed by atoms with Gasteiger partial charge in [0.15, 0.2) is 0 Å². The van der Waals surface area contributed by atoms with E-state index in [-0.39, 0.29) is 0 Å². The smallest absolute Gasteiger partial charge is 0.150 e. The lowest BCUT2D eigenvalue weighted by molar-refractivity contribution is 0.112. The Morgan fingerprint density at radius 2 is 2.10 bits per heavy atom. The second-order valence-electron chi connectivity index (χ2n) is 5.56. The Bertz CT molecular complexity index is 602. The Hall–Kier alpha value is -1.55. The Morgan fingerprint density at radius 1 is 1.24 bits per heavy atom. The normalized spacial score (nSPS) is 16.0. The van der Waals surface area contributed by atoms with Gasteiger partial charge in [0.2, 0.25) is 0 Å². The van der Waals surface area contributed by atoms with E-state index in [1.807, 2.05) is 24.3 Å². The standard InChI is InChI=1S/C17H20N2OS/c20-12-14-5-4-8-17(11-14)21-13-15-9-10-19(18-15)16-6-2-1-3-7-16/h4-5,8-12,16H,1-3,6-7,13H2. The van der Waals surface area contributed by atoms with Crippen molar-refractivity contribution in [3.8, 4) is 0 Å². The SMILES string of the molecule is O=Cc1cccc(SCc2ccn(C3CCCCC3)n2)c1. The van der Waals surface area contributed by atoms with E-state index >= 15 is 0 Å². The molecule has 1 heterocycles. The third-order valence-electron chi connectivity index (χ3n) is 3.99. The summed E-state index contributed by atoms with van der Waals surface area (Å²) >= 11 is 1.73. The minimum atomic E-state index is 0.593. The molecule has 21 heavy (non-hydrogen) atoms. The number of aldehydes is 1. The van der Waals surface area contributed by atoms with E-state index in [1.165, 1.54) is 32.1 Å². The number of carbonyl (C=O) groups is 1. The van der Waals surface area contributed by atoms with Crippen LogP contribution in [0.3, 0.4) is 0 Å². The molecule has 3 rings (SSSR count). The van der Waals surface area contributed by atoms with E-state index < -0.39 is 0 Å². The molecule has 0 N–H and O–H groups in total. The largest absolute Gasteiger partial charge is 0.298 e. The second-order valence-corrected chi connectivity index (χ2v) is 6.61. The third kappa shape index (κ3) is 3.76. The fourth-order valence-corrected chi connectivity index (χ4v) is 3.70. The maximum absolute atomic E-state index is 10.8. The molecule has 1 saturated carbocycles. The maximum Gasteiger partial charge on any atom is 0.150 e. The predicted molar refractivity (Wildman–Crippen MR) is 85.7 cm³/mol. The van der Waals surface area contributed by atoms with Crippen LogP contribution in [0.5, 0.6) is 0 Å². The highest BCUT2D eigenvalue weighted by Crippen LogP contribution is 2.28. The number of carbonyl (C=O) groups excluding carboxylic acids is 1. The van der Waals surface area contributed by atoms with E-state index in [0.717, 1.165) is 28.2 Å². The van der Waals surface area contributed by atoms with Crippen molar-refractivity contribution in [1.82, 2.24) is 9.78 Å². The first-order valence-corrected chi connectivity index (χ1v) is 8.56. The minimum absolute atomic E-state index is 0.593. The van der Waals surface area contributed by atoms with Crippen molar-refractivity contribution in [2.24, 2.45) is 0 Å². The first kappa shape index (κ1) is 14.4. The molecular weight excluding hydrogens is 280 g/mol. The summed E-state index contributed by atoms with van der Waals surface area (Å²) in [4.78, 5) is 11.9. The monoisotopic (exact) mass is 300 g/mol. The summed E-state index contributed by atoms with van der Waals surface area (Å²) in [6, 6.07) is 10.4. The van der Waals surface area contributed by atoms with Crippen LogP contribution < -0.4 is 0 Å². The highest BCUT2D eigenvalue weighted by molar-refractivity contribution is 7.98. The number of thioether (sulfide) groups is 1. The average molecular weight is 300 g/mol. The Morgan fingerprint density at radius 3 is 2.90 bits per heavy atom. The molecule has 0 spiro atoms. The van der Waals surface area contributed by atoms with E-state index in [4.69, 9.17) is 5.10 Å². The molecule has 0 atom stereocenters. The van der Waals surface area contributed by atoms with Crippen molar-refractivity contribution in [3.63, 3.8) is 0 Å². The van der Waals surface area contributed by atoms with Crippen LogP contribution in [-0.2, 0) is 5.75 Å². The second kappa shape index (κ2) is 6.94. The van der Waals surface area contributed by atoms with E-state index in [0.29, 0.717) is 6.04 Å². The molecule has 0 amide bonds. The predicted octanol–water partition coefficient (Wildman–Crippen LogP) is 4.49. The molecule has 0 radical (unpaired) electrons. The summed E-state index contributed by atoms with van der Waals surface area (Å²) in [5.41, 5.74) is 1.84. The fourth-order valence-electron chi connectivity index (χ4n) is 2.84. The minimum Gasteiger partial charge on any atom is -0.298 e. The molecular formula is C17H20N2OS. The summed E-state index contributed by atoms with van der Waals surface area (Å²) in [6.07, 6.45) is 9.55. The first-order valence-electron chi connectivity index (χ1n) is 7.57. The quantitative estimate of drug-likeness (QED) is 0.602. The van der Waals surface area contributed by atoms with Crippen LogP contribution in [0, 0.1) is 0 Å². The van der Waals surface area contributed by atoms with Gasteiger partial charge >= 0.3 is 0 Å². The molecule has 0 aliphatic heterocycles. The molecule has 1 aromatic carbocycles. The molecule has 0 bridgehead atoms. The number of hydrogen-bond donors (Lipinski definition) is 0. The van der Waals surface area contributed by atoms with E-state index in [2.05, 4.69) is 16.9 Å². The van der Waals surface area contributed by atoms with Crippen molar-refractivity contribution in [3.05, 3.63) is 47.8 Å². The lowest BCUT2D eigenvalue weighted by Crippen LogP contribution is -2.13. The molecule has 0 unspecified atom stereocenters. The zero-order chi connectivity index (χ0) is 14.5. The van der Waals surface area contributed by atoms with Crippen LogP contribution in [0.2, 0.25) is 0 Å². The molecule has 1 aromatic heterocycles. The van der Waals surface area contributed by atoms with Crippen LogP contribution >= 0.6 is 11.8 Å². The Labute approximate surface area is 129 Å². The van der Waals surface area contributed by atoms with Crippen LogP contribution in [0.4, 0.5) is 0 Å². The summed E-state index contributed by atoms with van der Waals surface area (Å²) in [5.74, 6) is 0.849. The van der Waals surface area contributed by atoms with E-state index in [9.17, 15) is 4.79 Å². The fraction of sp³-hybridized carbons (Fsp3) is 0.412. The number of nitrogens with zero attached hydrogens (tertiary/aromatic N) is 2. The third-order valence-corrected chi connectivity index (χ3v) is 5.02. The van der Waals surface area contributed by atoms with Gasteiger partial charge in [0.25, 0.3) is 0 Å². The van der Waals surface area contributed by atoms with Gasteiger partial charge in [0.1, 0.15) is 6.29 Å². The average Bonchev–Trinajstić information content (AvgIpc) is 3.03. The van der Waals surface area contributed by atoms with Gasteiger partial charge in [-0.3, -0.25) is 9.48 Å². The summed E-state index contributed by atoms with van der Waals surface area (Å²) in [5, 5.41) is 4.72. The van der Waals surface area contributed by atoms with Crippen LogP contribution in [0.25, 0.3) is 0 Å². The van der Waals surface area contributed by atoms with Crippen LogP contribution in [0.1, 0.15) is 54.2 Å². The first-order chi connectivity index (χ1) is 10.3. The summed E-state index contributed by atoms with van der Waals surface area (Å²) < 4.78 is 2.15. The number of rotatable bonds is 5. The Balaban J connectivity index is 1.60. The molecule has 0 saturated heterocycles. The number of hydrogen-bond acceptors (Lipinski definition) is 3. The highest BCUT2D eigenvalue weighted by atomic mass is 32.2. The van der Waals surface area contributed by atoms with Crippen molar-refractivity contribution < 1.29 is 4.79 Å². The lowest BCUT2D eigenvalue weighted by Gasteiger charge is -2.21. The van der Waals surface area contributed by atoms with Crippen LogP contribution in [0.15, 0.2) is 41.4 Å². The van der Waals surface area contributed by atoms with Crippen molar-refractivity contribution in [2.45, 2.75) is 48.8 Å². The molecule has 110 valence electrons. The molecule has 1 fully saturated rings. The van der Waals surface area contributed by atoms with Gasteiger partial charge in [-0.05, 0) is 31.0 Å². The van der Waals surface area contributed by atoms with Gasteiger partial charge < -0.3 is 0 Å². The summed E-state index contributed by atoms with van der Waals surface area (Å²) in [6.45, 7) is 0. The molecule has 2 aromatic rings. The van der Waals surface area contributed by atoms with Crippen molar-refractivity contribution in [2.75, 3.05) is 0 Å². The van der Waals surface area contributed by atoms with Gasteiger partial charge in [-0.1, -0.05) is 31.4 Å². The van der Waals surface area contributed by atoms with E-state index in [1.54, 1.807) is 11.8 Å². The molecule has 3 nitrogen and oxygen atoms in total. The highest BCUT2D eigenvalue weighted by Gasteiger charge is 2.15. The van der Waals surface area contributed by atoms with Crippen molar-refractivity contribution in [1.29, 1.82) is 0 Å². The van der Waals surface area contributed by atoms with Crippen LogP contribution in [-0.4, -0.2) is 16.1 Å². The van der Waals surface area contributed by atoms with Gasteiger partial charge in [-0.2, -0.15) is 5.10 Å². The molecule has 1 aliphatic carbocycles. The zero-order valence-corrected chi connectivity index (χ0v) is 12.9. The van der Waals surface area contributed by atoms with Crippen molar-refractivity contribution >= 4 is 18.0 Å². The zero-order valence-electron chi connectivity index (χ0n) is 12.1. The van der Waals surface area contributed by atoms with Gasteiger partial charge in [-0.25, -0.2) is 0 Å². The molecule has 4 heteroatoms. The maximum atomic E-state index is 10.8. The van der Waals surface area contributed by atoms with Gasteiger partial charge in [0.05, 0.1) is 11.7 Å². The van der Waals surface area contributed by atoms with Gasteiger partial charge in [-0.15, -0.1) is 11.8 Å². The lowest BCUT2D eigenvalue weighted by atomic mass is 9.96.